The Morgan fingerprint density at radius 2 is 1.96 bits per heavy atom. The second-order valence-corrected chi connectivity index (χ2v) is 7.86. The Morgan fingerprint density at radius 1 is 1.30 bits per heavy atom. The summed E-state index contributed by atoms with van der Waals surface area (Å²) < 4.78 is 0. The van der Waals surface area contributed by atoms with Gasteiger partial charge in [-0.3, -0.25) is 4.79 Å². The molecule has 0 spiro atoms. The van der Waals surface area contributed by atoms with Gasteiger partial charge >= 0.3 is 0 Å². The van der Waals surface area contributed by atoms with Crippen molar-refractivity contribution in [1.82, 2.24) is 10.2 Å². The topological polar surface area (TPSA) is 32.3 Å². The molecular formula is C17H24Cl2N2OS. The van der Waals surface area contributed by atoms with Crippen molar-refractivity contribution in [2.45, 2.75) is 24.7 Å². The van der Waals surface area contributed by atoms with Crippen LogP contribution in [0.4, 0.5) is 0 Å². The minimum absolute atomic E-state index is 0. The summed E-state index contributed by atoms with van der Waals surface area (Å²) in [7, 11) is 0. The molecule has 1 aromatic carbocycles. The second kappa shape index (κ2) is 8.61. The van der Waals surface area contributed by atoms with Gasteiger partial charge in [-0.1, -0.05) is 18.5 Å². The van der Waals surface area contributed by atoms with Gasteiger partial charge in [-0.05, 0) is 61.7 Å². The molecule has 1 aromatic rings. The zero-order valence-electron chi connectivity index (χ0n) is 13.4. The lowest BCUT2D eigenvalue weighted by Gasteiger charge is -2.22. The third kappa shape index (κ3) is 4.36. The summed E-state index contributed by atoms with van der Waals surface area (Å²) in [6, 6.07) is 5.67. The first kappa shape index (κ1) is 18.9. The molecule has 1 N–H and O–H groups in total. The van der Waals surface area contributed by atoms with Gasteiger partial charge in [0.25, 0.3) is 5.91 Å². The van der Waals surface area contributed by atoms with E-state index < -0.39 is 0 Å². The van der Waals surface area contributed by atoms with E-state index in [0.29, 0.717) is 5.02 Å². The highest BCUT2D eigenvalue weighted by Crippen LogP contribution is 2.30. The molecule has 0 aliphatic carbocycles. The Bertz CT molecular complexity index is 541. The molecule has 2 aliphatic heterocycles. The van der Waals surface area contributed by atoms with Gasteiger partial charge in [-0.2, -0.15) is 0 Å². The van der Waals surface area contributed by atoms with E-state index in [4.69, 9.17) is 11.6 Å². The summed E-state index contributed by atoms with van der Waals surface area (Å²) in [6.07, 6.45) is 2.22. The average molecular weight is 375 g/mol. The first-order valence-corrected chi connectivity index (χ1v) is 9.47. The third-order valence-electron chi connectivity index (χ3n) is 4.78. The van der Waals surface area contributed by atoms with E-state index in [1.807, 2.05) is 23.1 Å². The first-order valence-electron chi connectivity index (χ1n) is 8.11. The molecule has 0 saturated carbocycles. The predicted octanol–water partition coefficient (Wildman–Crippen LogP) is 3.95. The van der Waals surface area contributed by atoms with Crippen molar-refractivity contribution in [2.24, 2.45) is 11.8 Å². The molecule has 1 amide bonds. The van der Waals surface area contributed by atoms with Crippen molar-refractivity contribution in [2.75, 3.05) is 31.9 Å². The van der Waals surface area contributed by atoms with E-state index in [0.717, 1.165) is 67.1 Å². The molecule has 2 heterocycles. The minimum atomic E-state index is 0. The van der Waals surface area contributed by atoms with Crippen LogP contribution in [0.2, 0.25) is 5.02 Å². The normalized spacial score (nSPS) is 23.8. The molecule has 6 heteroatoms. The molecule has 0 aromatic heterocycles. The van der Waals surface area contributed by atoms with Crippen molar-refractivity contribution in [3.8, 4) is 0 Å². The van der Waals surface area contributed by atoms with Crippen LogP contribution in [0.5, 0.6) is 0 Å². The second-order valence-electron chi connectivity index (χ2n) is 6.12. The number of rotatable bonds is 3. The van der Waals surface area contributed by atoms with Crippen molar-refractivity contribution >= 4 is 41.7 Å². The molecule has 3 rings (SSSR count). The molecule has 0 bridgehead atoms. The first-order chi connectivity index (χ1) is 10.7. The Balaban J connectivity index is 0.00000192. The number of amides is 1. The van der Waals surface area contributed by atoms with Crippen LogP contribution in [0.3, 0.4) is 0 Å². The standard InChI is InChI=1S/C17H23ClN2OS.ClH/c1-2-22-16-4-3-14(18)9-15(16)17(21)20-7-5-12-10-19-11-13(12)6-8-20;/h3-4,9,12-13,19H,2,5-8,10-11H2,1H3;1H/t12-,13+;. The number of hydrogen-bond donors (Lipinski definition) is 1. The number of likely N-dealkylation sites (tertiary alicyclic amines) is 1. The third-order valence-corrected chi connectivity index (χ3v) is 5.97. The maximum atomic E-state index is 13.0. The van der Waals surface area contributed by atoms with Crippen LogP contribution >= 0.6 is 35.8 Å². The van der Waals surface area contributed by atoms with Gasteiger partial charge in [0.2, 0.25) is 0 Å². The lowest BCUT2D eigenvalue weighted by molar-refractivity contribution is 0.0755. The van der Waals surface area contributed by atoms with E-state index >= 15 is 0 Å². The Kier molecular flexibility index (Phi) is 7.08. The number of halogens is 2. The summed E-state index contributed by atoms with van der Waals surface area (Å²) in [5.74, 6) is 2.58. The van der Waals surface area contributed by atoms with Crippen molar-refractivity contribution in [3.63, 3.8) is 0 Å². The number of hydrogen-bond acceptors (Lipinski definition) is 3. The van der Waals surface area contributed by atoms with Crippen molar-refractivity contribution in [1.29, 1.82) is 0 Å². The summed E-state index contributed by atoms with van der Waals surface area (Å²) in [4.78, 5) is 16.0. The summed E-state index contributed by atoms with van der Waals surface area (Å²) >= 11 is 7.83. The van der Waals surface area contributed by atoms with E-state index in [1.54, 1.807) is 11.8 Å². The number of carbonyl (C=O) groups is 1. The maximum Gasteiger partial charge on any atom is 0.255 e. The van der Waals surface area contributed by atoms with Gasteiger partial charge in [0, 0.05) is 23.0 Å². The molecular weight excluding hydrogens is 351 g/mol. The lowest BCUT2D eigenvalue weighted by atomic mass is 9.92. The van der Waals surface area contributed by atoms with E-state index in [1.165, 1.54) is 0 Å². The Labute approximate surface area is 153 Å². The van der Waals surface area contributed by atoms with Crippen LogP contribution in [-0.4, -0.2) is 42.7 Å². The van der Waals surface area contributed by atoms with E-state index in [-0.39, 0.29) is 18.3 Å². The van der Waals surface area contributed by atoms with Gasteiger partial charge in [0.15, 0.2) is 0 Å². The predicted molar refractivity (Wildman–Crippen MR) is 100 cm³/mol. The summed E-state index contributed by atoms with van der Waals surface area (Å²) in [5.41, 5.74) is 0.768. The van der Waals surface area contributed by atoms with Gasteiger partial charge in [0.05, 0.1) is 5.56 Å². The average Bonchev–Trinajstić information content (AvgIpc) is 2.87. The van der Waals surface area contributed by atoms with Crippen LogP contribution < -0.4 is 5.32 Å². The van der Waals surface area contributed by atoms with Gasteiger partial charge < -0.3 is 10.2 Å². The molecule has 2 aliphatic rings. The zero-order valence-corrected chi connectivity index (χ0v) is 15.8. The minimum Gasteiger partial charge on any atom is -0.339 e. The van der Waals surface area contributed by atoms with Gasteiger partial charge in [0.1, 0.15) is 0 Å². The smallest absolute Gasteiger partial charge is 0.255 e. The monoisotopic (exact) mass is 374 g/mol. The number of fused-ring (bicyclic) bond motifs is 1. The summed E-state index contributed by atoms with van der Waals surface area (Å²) in [5, 5.41) is 4.12. The fraction of sp³-hybridized carbons (Fsp3) is 0.588. The number of carbonyl (C=O) groups excluding carboxylic acids is 1. The molecule has 23 heavy (non-hydrogen) atoms. The maximum absolute atomic E-state index is 13.0. The SMILES string of the molecule is CCSc1ccc(Cl)cc1C(=O)N1CC[C@@H]2CNC[C@@H]2CC1.Cl. The van der Waals surface area contributed by atoms with Crippen LogP contribution in [0.15, 0.2) is 23.1 Å². The van der Waals surface area contributed by atoms with Crippen LogP contribution in [0.1, 0.15) is 30.1 Å². The fourth-order valence-electron chi connectivity index (χ4n) is 3.54. The number of nitrogens with one attached hydrogen (secondary N) is 1. The van der Waals surface area contributed by atoms with E-state index in [9.17, 15) is 4.79 Å². The highest BCUT2D eigenvalue weighted by Gasteiger charge is 2.32. The summed E-state index contributed by atoms with van der Waals surface area (Å²) in [6.45, 7) is 6.06. The molecule has 0 unspecified atom stereocenters. The highest BCUT2D eigenvalue weighted by atomic mass is 35.5. The van der Waals surface area contributed by atoms with Crippen LogP contribution in [0.25, 0.3) is 0 Å². The van der Waals surface area contributed by atoms with E-state index in [2.05, 4.69) is 12.2 Å². The van der Waals surface area contributed by atoms with Crippen molar-refractivity contribution < 1.29 is 4.79 Å². The zero-order chi connectivity index (χ0) is 15.5. The number of benzene rings is 1. The molecule has 3 nitrogen and oxygen atoms in total. The van der Waals surface area contributed by atoms with Crippen LogP contribution in [0, 0.1) is 11.8 Å². The van der Waals surface area contributed by atoms with Gasteiger partial charge in [-0.15, -0.1) is 24.2 Å². The molecule has 128 valence electrons. The number of nitrogens with zero attached hydrogens (tertiary/aromatic N) is 1. The molecule has 0 radical (unpaired) electrons. The quantitative estimate of drug-likeness (QED) is 0.812. The Hall–Kier alpha value is -0.420. The van der Waals surface area contributed by atoms with Gasteiger partial charge in [-0.25, -0.2) is 0 Å². The fourth-order valence-corrected chi connectivity index (χ4v) is 4.49. The molecule has 2 fully saturated rings. The highest BCUT2D eigenvalue weighted by molar-refractivity contribution is 7.99. The molecule has 2 atom stereocenters. The van der Waals surface area contributed by atoms with Crippen molar-refractivity contribution in [3.05, 3.63) is 28.8 Å². The largest absolute Gasteiger partial charge is 0.339 e. The van der Waals surface area contributed by atoms with Crippen LogP contribution in [-0.2, 0) is 0 Å². The molecule has 2 saturated heterocycles. The number of thioether (sulfide) groups is 1. The lowest BCUT2D eigenvalue weighted by Crippen LogP contribution is -2.33. The Morgan fingerprint density at radius 3 is 2.57 bits per heavy atom.